The van der Waals surface area contributed by atoms with Crippen LogP contribution in [0.4, 0.5) is 19.0 Å². The van der Waals surface area contributed by atoms with Crippen LogP contribution in [0.5, 0.6) is 6.01 Å². The van der Waals surface area contributed by atoms with E-state index in [2.05, 4.69) is 25.1 Å². The highest BCUT2D eigenvalue weighted by molar-refractivity contribution is 6.33. The Kier molecular flexibility index (Phi) is 7.23. The Labute approximate surface area is 280 Å². The second-order valence-corrected chi connectivity index (χ2v) is 14.6. The Morgan fingerprint density at radius 3 is 2.83 bits per heavy atom. The lowest BCUT2D eigenvalue weighted by Gasteiger charge is -2.39. The molecule has 0 unspecified atom stereocenters. The summed E-state index contributed by atoms with van der Waals surface area (Å²) < 4.78 is 53.6. The lowest BCUT2D eigenvalue weighted by molar-refractivity contribution is -0.138. The number of fused-ring (bicyclic) bond motifs is 7. The number of alkyl halides is 2. The first-order valence-electron chi connectivity index (χ1n) is 17.0. The minimum Gasteiger partial charge on any atom is -0.461 e. The number of nitrogens with one attached hydrogen (secondary N) is 1. The van der Waals surface area contributed by atoms with Crippen molar-refractivity contribution in [3.05, 3.63) is 34.9 Å². The second-order valence-electron chi connectivity index (χ2n) is 14.2. The summed E-state index contributed by atoms with van der Waals surface area (Å²) >= 11 is 6.80. The number of amides is 1. The number of pyridine rings is 1. The van der Waals surface area contributed by atoms with Gasteiger partial charge < -0.3 is 14.5 Å². The van der Waals surface area contributed by atoms with E-state index in [9.17, 15) is 9.18 Å². The van der Waals surface area contributed by atoms with Gasteiger partial charge in [0.15, 0.2) is 12.0 Å². The van der Waals surface area contributed by atoms with Crippen LogP contribution in [0.1, 0.15) is 50.5 Å². The molecule has 1 N–H and O–H groups in total. The number of piperidine rings is 1. The van der Waals surface area contributed by atoms with Crippen molar-refractivity contribution in [2.45, 2.75) is 75.3 Å². The van der Waals surface area contributed by atoms with Gasteiger partial charge in [-0.05, 0) is 69.0 Å². The molecule has 0 aliphatic carbocycles. The number of aromatic amines is 1. The molecule has 1 amide bonds. The lowest BCUT2D eigenvalue weighted by atomic mass is 9.91. The molecular formula is C34H36ClF3N8O2. The van der Waals surface area contributed by atoms with Crippen molar-refractivity contribution in [3.63, 3.8) is 0 Å². The fourth-order valence-corrected chi connectivity index (χ4v) is 9.43. The van der Waals surface area contributed by atoms with Crippen LogP contribution < -0.4 is 9.64 Å². The monoisotopic (exact) mass is 680 g/mol. The number of benzene rings is 1. The Morgan fingerprint density at radius 1 is 1.06 bits per heavy atom. The van der Waals surface area contributed by atoms with Crippen LogP contribution in [0.25, 0.3) is 33.1 Å². The van der Waals surface area contributed by atoms with Gasteiger partial charge in [0.05, 0.1) is 28.7 Å². The molecule has 4 fully saturated rings. The van der Waals surface area contributed by atoms with E-state index >= 15 is 8.78 Å². The number of carbonyl (C=O) groups excluding carboxylic acids is 1. The average molecular weight is 681 g/mol. The number of ether oxygens (including phenoxy) is 1. The van der Waals surface area contributed by atoms with E-state index in [0.29, 0.717) is 83.7 Å². The lowest BCUT2D eigenvalue weighted by Crippen LogP contribution is -2.52. The number of hydrogen-bond acceptors (Lipinski definition) is 8. The molecule has 9 heterocycles. The highest BCUT2D eigenvalue weighted by Crippen LogP contribution is 2.43. The zero-order valence-corrected chi connectivity index (χ0v) is 27.2. The molecule has 6 bridgehead atoms. The van der Waals surface area contributed by atoms with Gasteiger partial charge in [-0.25, -0.2) is 13.2 Å². The summed E-state index contributed by atoms with van der Waals surface area (Å²) in [4.78, 5) is 33.5. The van der Waals surface area contributed by atoms with Gasteiger partial charge in [0, 0.05) is 54.8 Å². The normalized spacial score (nSPS) is 29.0. The molecule has 4 aromatic rings. The van der Waals surface area contributed by atoms with E-state index in [0.717, 1.165) is 32.2 Å². The maximum atomic E-state index is 17.1. The summed E-state index contributed by atoms with van der Waals surface area (Å²) in [6.45, 7) is 2.93. The zero-order valence-electron chi connectivity index (χ0n) is 26.4. The predicted molar refractivity (Wildman–Crippen MR) is 174 cm³/mol. The summed E-state index contributed by atoms with van der Waals surface area (Å²) in [5.74, 6) is -0.442. The molecule has 10 nitrogen and oxygen atoms in total. The van der Waals surface area contributed by atoms with Crippen molar-refractivity contribution < 1.29 is 22.7 Å². The number of aromatic nitrogens is 5. The Bertz CT molecular complexity index is 1940. The molecule has 0 spiro atoms. The molecule has 0 radical (unpaired) electrons. The Morgan fingerprint density at radius 2 is 1.94 bits per heavy atom. The SMILES string of the molecule is O=C1[C@@H](F)CCCc2c(Cl)cc3[nH]ncc3c2-c2ncc3c(nc(OC[C@@]45CCCN4C[C@H](F)C5)nc3c2F)N2CC[C@H]3CCN1[C@H]3C2. The minimum absolute atomic E-state index is 0.00303. The molecule has 0 saturated carbocycles. The third kappa shape index (κ3) is 4.74. The van der Waals surface area contributed by atoms with Gasteiger partial charge >= 0.3 is 6.01 Å². The first kappa shape index (κ1) is 30.4. The summed E-state index contributed by atoms with van der Waals surface area (Å²) in [7, 11) is 0. The van der Waals surface area contributed by atoms with Crippen molar-refractivity contribution in [3.8, 4) is 17.3 Å². The number of rotatable bonds is 3. The summed E-state index contributed by atoms with van der Waals surface area (Å²) in [5, 5.41) is 8.48. The fourth-order valence-electron chi connectivity index (χ4n) is 9.13. The van der Waals surface area contributed by atoms with E-state index in [1.807, 2.05) is 4.90 Å². The molecule has 3 aromatic heterocycles. The standard InChI is InChI=1S/C34H36ClF3N8O2/c35-23-11-25-21(14-40-43-25)27-20(23)3-1-4-24(37)32(47)46-10-6-18-5-9-44(16-26(18)46)31-22-13-39-30(27)28(38)29(22)41-33(42-31)48-17-34-7-2-8-45(34)15-19(36)12-34/h11,13-14,18-19,24,26H,1-10,12,15-17H2,(H,40,43)/t18-,19+,24-,26-,34-/m0/s1. The van der Waals surface area contributed by atoms with Crippen LogP contribution in [0.15, 0.2) is 18.5 Å². The van der Waals surface area contributed by atoms with Gasteiger partial charge in [0.2, 0.25) is 0 Å². The van der Waals surface area contributed by atoms with E-state index in [4.69, 9.17) is 21.3 Å². The number of halogens is 4. The van der Waals surface area contributed by atoms with E-state index in [-0.39, 0.29) is 42.2 Å². The summed E-state index contributed by atoms with van der Waals surface area (Å²) in [6.07, 6.45) is 5.01. The highest BCUT2D eigenvalue weighted by Gasteiger charge is 2.49. The summed E-state index contributed by atoms with van der Waals surface area (Å²) in [6, 6.07) is 1.53. The van der Waals surface area contributed by atoms with Crippen molar-refractivity contribution in [2.24, 2.45) is 5.92 Å². The molecule has 6 aliphatic heterocycles. The number of carbonyl (C=O) groups is 1. The Hall–Kier alpha value is -3.71. The van der Waals surface area contributed by atoms with Crippen molar-refractivity contribution in [1.82, 2.24) is 34.9 Å². The number of anilines is 1. The largest absolute Gasteiger partial charge is 0.461 e. The van der Waals surface area contributed by atoms with Gasteiger partial charge in [-0.1, -0.05) is 11.6 Å². The average Bonchev–Trinajstić information content (AvgIpc) is 3.86. The first-order chi connectivity index (χ1) is 23.3. The number of H-pyrrole nitrogens is 1. The van der Waals surface area contributed by atoms with Gasteiger partial charge in [-0.3, -0.25) is 19.8 Å². The maximum absolute atomic E-state index is 17.1. The molecule has 6 aliphatic rings. The third-order valence-corrected chi connectivity index (χ3v) is 11.8. The zero-order chi connectivity index (χ0) is 32.7. The predicted octanol–water partition coefficient (Wildman–Crippen LogP) is 5.42. The molecule has 14 heteroatoms. The van der Waals surface area contributed by atoms with E-state index in [1.165, 1.54) is 0 Å². The quantitative estimate of drug-likeness (QED) is 0.306. The minimum atomic E-state index is -1.65. The fraction of sp³-hybridized carbons (Fsp3) is 0.559. The number of hydrogen-bond donors (Lipinski definition) is 1. The van der Waals surface area contributed by atoms with Crippen LogP contribution in [0.2, 0.25) is 5.02 Å². The van der Waals surface area contributed by atoms with Gasteiger partial charge in [0.1, 0.15) is 29.8 Å². The van der Waals surface area contributed by atoms with Gasteiger partial charge in [-0.2, -0.15) is 15.1 Å². The number of nitrogens with zero attached hydrogens (tertiary/aromatic N) is 7. The molecule has 4 saturated heterocycles. The van der Waals surface area contributed by atoms with Crippen LogP contribution in [-0.4, -0.2) is 104 Å². The summed E-state index contributed by atoms with van der Waals surface area (Å²) in [5.41, 5.74) is 1.30. The molecule has 10 rings (SSSR count). The van der Waals surface area contributed by atoms with Gasteiger partial charge in [0.25, 0.3) is 5.91 Å². The van der Waals surface area contributed by atoms with E-state index in [1.54, 1.807) is 23.4 Å². The van der Waals surface area contributed by atoms with Crippen LogP contribution in [0, 0.1) is 11.7 Å². The Balaban J connectivity index is 1.22. The topological polar surface area (TPSA) is 103 Å². The van der Waals surface area contributed by atoms with Gasteiger partial charge in [-0.15, -0.1) is 0 Å². The molecule has 48 heavy (non-hydrogen) atoms. The van der Waals surface area contributed by atoms with Crippen molar-refractivity contribution in [1.29, 1.82) is 0 Å². The van der Waals surface area contributed by atoms with Crippen LogP contribution >= 0.6 is 11.6 Å². The molecule has 5 atom stereocenters. The smallest absolute Gasteiger partial charge is 0.319 e. The third-order valence-electron chi connectivity index (χ3n) is 11.5. The molecular weight excluding hydrogens is 645 g/mol. The highest BCUT2D eigenvalue weighted by atomic mass is 35.5. The van der Waals surface area contributed by atoms with E-state index < -0.39 is 29.6 Å². The molecule has 252 valence electrons. The van der Waals surface area contributed by atoms with Crippen LogP contribution in [0.3, 0.4) is 0 Å². The maximum Gasteiger partial charge on any atom is 0.319 e. The van der Waals surface area contributed by atoms with Crippen molar-refractivity contribution in [2.75, 3.05) is 44.2 Å². The molecule has 1 aromatic carbocycles. The van der Waals surface area contributed by atoms with Crippen LogP contribution in [-0.2, 0) is 11.2 Å². The van der Waals surface area contributed by atoms with Crippen molar-refractivity contribution >= 4 is 45.1 Å². The second kappa shape index (κ2) is 11.4. The first-order valence-corrected chi connectivity index (χ1v) is 17.4.